The van der Waals surface area contributed by atoms with Gasteiger partial charge in [-0.25, -0.2) is 0 Å². The van der Waals surface area contributed by atoms with E-state index in [1.807, 2.05) is 6.92 Å². The average molecular weight is 159 g/mol. The summed E-state index contributed by atoms with van der Waals surface area (Å²) in [5, 5.41) is 4.65. The molecule has 4 heteroatoms. The van der Waals surface area contributed by atoms with Crippen LogP contribution in [-0.2, 0) is 13.6 Å². The van der Waals surface area contributed by atoms with E-state index in [-0.39, 0.29) is 6.54 Å². The molecule has 3 nitrogen and oxygen atoms in total. The van der Waals surface area contributed by atoms with Gasteiger partial charge in [-0.15, -0.1) is 0 Å². The Bertz CT molecular complexity index is 241. The molecule has 0 atom stereocenters. The molecule has 1 N–H and O–H groups in total. The molecule has 55 valence electrons. The van der Waals surface area contributed by atoms with Gasteiger partial charge in [-0.3, -0.25) is 10.4 Å². The number of rotatable bonds is 1. The third-order valence-electron chi connectivity index (χ3n) is 1.46. The second-order valence-electron chi connectivity index (χ2n) is 2.16. The van der Waals surface area contributed by atoms with Crippen LogP contribution in [0.15, 0.2) is 0 Å². The average Bonchev–Trinajstić information content (AvgIpc) is 2.17. The van der Waals surface area contributed by atoms with Crippen molar-refractivity contribution in [1.29, 1.82) is 0 Å². The van der Waals surface area contributed by atoms with E-state index in [0.717, 1.165) is 11.3 Å². The Labute approximate surface area is 64.8 Å². The van der Waals surface area contributed by atoms with Crippen molar-refractivity contribution in [2.45, 2.75) is 13.5 Å². The maximum absolute atomic E-state index is 7.06. The van der Waals surface area contributed by atoms with Gasteiger partial charge in [0.2, 0.25) is 0 Å². The largest absolute Gasteiger partial charge is 0.256 e. The van der Waals surface area contributed by atoms with Gasteiger partial charge < -0.3 is 0 Å². The van der Waals surface area contributed by atoms with Crippen molar-refractivity contribution < 1.29 is 0 Å². The zero-order valence-corrected chi connectivity index (χ0v) is 6.74. The van der Waals surface area contributed by atoms with Crippen molar-refractivity contribution in [3.63, 3.8) is 0 Å². The lowest BCUT2D eigenvalue weighted by atomic mass is 10.3. The van der Waals surface area contributed by atoms with E-state index in [1.165, 1.54) is 0 Å². The van der Waals surface area contributed by atoms with Gasteiger partial charge in [-0.2, -0.15) is 5.10 Å². The van der Waals surface area contributed by atoms with Crippen LogP contribution >= 0.6 is 11.6 Å². The molecule has 1 rings (SSSR count). The summed E-state index contributed by atoms with van der Waals surface area (Å²) in [6, 6.07) is 0. The van der Waals surface area contributed by atoms with Gasteiger partial charge in [0.1, 0.15) is 5.15 Å². The van der Waals surface area contributed by atoms with Crippen LogP contribution in [0, 0.1) is 6.92 Å². The Morgan fingerprint density at radius 3 is 2.50 bits per heavy atom. The summed E-state index contributed by atoms with van der Waals surface area (Å²) in [4.78, 5) is 0. The monoisotopic (exact) mass is 158 g/mol. The highest BCUT2D eigenvalue weighted by Crippen LogP contribution is 2.16. The Kier molecular flexibility index (Phi) is 1.97. The van der Waals surface area contributed by atoms with Crippen LogP contribution in [0.1, 0.15) is 11.3 Å². The molecule has 0 spiro atoms. The second kappa shape index (κ2) is 2.60. The summed E-state index contributed by atoms with van der Waals surface area (Å²) >= 11 is 5.79. The zero-order chi connectivity index (χ0) is 7.72. The van der Waals surface area contributed by atoms with E-state index >= 15 is 0 Å². The number of hydrogen-bond donors (Lipinski definition) is 0. The Morgan fingerprint density at radius 1 is 1.70 bits per heavy atom. The molecule has 0 aliphatic rings. The van der Waals surface area contributed by atoms with E-state index in [4.69, 9.17) is 17.3 Å². The van der Waals surface area contributed by atoms with Crippen molar-refractivity contribution in [2.24, 2.45) is 7.05 Å². The molecule has 10 heavy (non-hydrogen) atoms. The minimum atomic E-state index is 0.201. The SMILES string of the molecule is Cc1c(C[NH])nn(C)c1Cl. The fourth-order valence-corrected chi connectivity index (χ4v) is 0.977. The van der Waals surface area contributed by atoms with Crippen LogP contribution in [0.2, 0.25) is 5.15 Å². The number of halogens is 1. The highest BCUT2D eigenvalue weighted by atomic mass is 35.5. The molecule has 0 amide bonds. The summed E-state index contributed by atoms with van der Waals surface area (Å²) < 4.78 is 1.58. The first-order valence-corrected chi connectivity index (χ1v) is 3.37. The highest BCUT2D eigenvalue weighted by molar-refractivity contribution is 6.30. The minimum Gasteiger partial charge on any atom is -0.256 e. The third kappa shape index (κ3) is 1.02. The summed E-state index contributed by atoms with van der Waals surface area (Å²) in [5.74, 6) is 0. The smallest absolute Gasteiger partial charge is 0.129 e. The number of aryl methyl sites for hydroxylation is 1. The van der Waals surface area contributed by atoms with Crippen LogP contribution in [-0.4, -0.2) is 9.78 Å². The number of hydrogen-bond acceptors (Lipinski definition) is 1. The summed E-state index contributed by atoms with van der Waals surface area (Å²) in [7, 11) is 1.77. The Hall–Kier alpha value is -0.540. The first-order chi connectivity index (χ1) is 4.66. The van der Waals surface area contributed by atoms with Gasteiger partial charge in [-0.05, 0) is 6.92 Å². The van der Waals surface area contributed by atoms with Gasteiger partial charge >= 0.3 is 0 Å². The fourth-order valence-electron chi connectivity index (χ4n) is 0.830. The molecule has 1 aromatic heterocycles. The van der Waals surface area contributed by atoms with Crippen LogP contribution in [0.3, 0.4) is 0 Å². The molecule has 0 fully saturated rings. The molecular formula is C6H9ClN3. The zero-order valence-electron chi connectivity index (χ0n) is 5.98. The van der Waals surface area contributed by atoms with Crippen molar-refractivity contribution in [3.05, 3.63) is 16.4 Å². The number of aromatic nitrogens is 2. The summed E-state index contributed by atoms with van der Waals surface area (Å²) in [6.45, 7) is 2.08. The van der Waals surface area contributed by atoms with Crippen LogP contribution < -0.4 is 5.73 Å². The van der Waals surface area contributed by atoms with Gasteiger partial charge in [-0.1, -0.05) is 11.6 Å². The van der Waals surface area contributed by atoms with Gasteiger partial charge in [0.25, 0.3) is 0 Å². The Morgan fingerprint density at radius 2 is 2.30 bits per heavy atom. The second-order valence-corrected chi connectivity index (χ2v) is 2.52. The molecule has 0 aliphatic carbocycles. The summed E-state index contributed by atoms with van der Waals surface area (Å²) in [5.41, 5.74) is 8.73. The minimum absolute atomic E-state index is 0.201. The normalized spacial score (nSPS) is 10.4. The molecule has 0 unspecified atom stereocenters. The van der Waals surface area contributed by atoms with Crippen LogP contribution in [0.25, 0.3) is 0 Å². The molecular weight excluding hydrogens is 150 g/mol. The first kappa shape index (κ1) is 7.57. The molecule has 0 bridgehead atoms. The lowest BCUT2D eigenvalue weighted by Gasteiger charge is -1.88. The van der Waals surface area contributed by atoms with E-state index in [1.54, 1.807) is 11.7 Å². The van der Waals surface area contributed by atoms with E-state index in [2.05, 4.69) is 5.10 Å². The predicted octanol–water partition coefficient (Wildman–Crippen LogP) is 1.16. The van der Waals surface area contributed by atoms with E-state index in [9.17, 15) is 0 Å². The van der Waals surface area contributed by atoms with Crippen molar-refractivity contribution in [3.8, 4) is 0 Å². The molecule has 1 aromatic rings. The van der Waals surface area contributed by atoms with Crippen LogP contribution in [0.5, 0.6) is 0 Å². The maximum atomic E-state index is 7.06. The fraction of sp³-hybridized carbons (Fsp3) is 0.500. The molecule has 0 saturated heterocycles. The number of nitrogens with one attached hydrogen (secondary N) is 1. The predicted molar refractivity (Wildman–Crippen MR) is 39.8 cm³/mol. The molecule has 1 heterocycles. The summed E-state index contributed by atoms with van der Waals surface area (Å²) in [6.07, 6.45) is 0. The lowest BCUT2D eigenvalue weighted by Crippen LogP contribution is -1.92. The number of nitrogens with zero attached hydrogens (tertiary/aromatic N) is 2. The quantitative estimate of drug-likeness (QED) is 0.605. The standard InChI is InChI=1S/C6H9ClN3/c1-4-5(3-8)9-10(2)6(4)7/h8H,3H2,1-2H3. The molecule has 0 aliphatic heterocycles. The topological polar surface area (TPSA) is 41.6 Å². The van der Waals surface area contributed by atoms with Gasteiger partial charge in [0, 0.05) is 12.6 Å². The highest BCUT2D eigenvalue weighted by Gasteiger charge is 2.07. The van der Waals surface area contributed by atoms with E-state index < -0.39 is 0 Å². The van der Waals surface area contributed by atoms with E-state index in [0.29, 0.717) is 5.15 Å². The van der Waals surface area contributed by atoms with Crippen molar-refractivity contribution in [2.75, 3.05) is 0 Å². The molecule has 0 saturated carbocycles. The maximum Gasteiger partial charge on any atom is 0.129 e. The lowest BCUT2D eigenvalue weighted by molar-refractivity contribution is 0.740. The molecule has 1 radical (unpaired) electrons. The third-order valence-corrected chi connectivity index (χ3v) is 1.99. The first-order valence-electron chi connectivity index (χ1n) is 2.99. The van der Waals surface area contributed by atoms with Gasteiger partial charge in [0.15, 0.2) is 0 Å². The van der Waals surface area contributed by atoms with Gasteiger partial charge in [0.05, 0.1) is 12.2 Å². The Balaban J connectivity index is 3.17. The van der Waals surface area contributed by atoms with Crippen molar-refractivity contribution >= 4 is 11.6 Å². The molecule has 0 aromatic carbocycles. The van der Waals surface area contributed by atoms with Crippen molar-refractivity contribution in [1.82, 2.24) is 15.5 Å². The van der Waals surface area contributed by atoms with Crippen LogP contribution in [0.4, 0.5) is 0 Å².